The third-order valence-corrected chi connectivity index (χ3v) is 2.41. The van der Waals surface area contributed by atoms with E-state index in [1.807, 2.05) is 26.0 Å². The molecule has 78 valence electrons. The standard InChI is InChI=1S/C12H13NO2/c1-8-3-10(5-13)4-9(2)12(8)15-7-11-6-14-11/h3-4,11H,6-7H2,1-2H3/t11-/m0/s1. The lowest BCUT2D eigenvalue weighted by Gasteiger charge is -2.11. The van der Waals surface area contributed by atoms with Gasteiger partial charge in [0, 0.05) is 0 Å². The van der Waals surface area contributed by atoms with Crippen molar-refractivity contribution in [1.82, 2.24) is 0 Å². The molecular formula is C12H13NO2. The number of epoxide rings is 1. The van der Waals surface area contributed by atoms with Crippen molar-refractivity contribution in [1.29, 1.82) is 5.26 Å². The van der Waals surface area contributed by atoms with Crippen molar-refractivity contribution in [2.45, 2.75) is 20.0 Å². The van der Waals surface area contributed by atoms with Gasteiger partial charge in [0.2, 0.25) is 0 Å². The van der Waals surface area contributed by atoms with Gasteiger partial charge in [0.1, 0.15) is 18.5 Å². The third kappa shape index (κ3) is 2.28. The number of ether oxygens (including phenoxy) is 2. The Morgan fingerprint density at radius 1 is 1.47 bits per heavy atom. The van der Waals surface area contributed by atoms with E-state index in [2.05, 4.69) is 6.07 Å². The van der Waals surface area contributed by atoms with Gasteiger partial charge in [0.15, 0.2) is 0 Å². The molecule has 15 heavy (non-hydrogen) atoms. The van der Waals surface area contributed by atoms with E-state index in [-0.39, 0.29) is 6.10 Å². The highest BCUT2D eigenvalue weighted by Gasteiger charge is 2.23. The summed E-state index contributed by atoms with van der Waals surface area (Å²) < 4.78 is 10.7. The molecule has 2 rings (SSSR count). The lowest BCUT2D eigenvalue weighted by molar-refractivity contribution is 0.260. The predicted molar refractivity (Wildman–Crippen MR) is 55.9 cm³/mol. The van der Waals surface area contributed by atoms with Crippen LogP contribution in [0.5, 0.6) is 5.75 Å². The monoisotopic (exact) mass is 203 g/mol. The normalized spacial score (nSPS) is 18.3. The average molecular weight is 203 g/mol. The van der Waals surface area contributed by atoms with Crippen LogP contribution < -0.4 is 4.74 Å². The van der Waals surface area contributed by atoms with Gasteiger partial charge >= 0.3 is 0 Å². The van der Waals surface area contributed by atoms with Gasteiger partial charge in [0.05, 0.1) is 18.2 Å². The molecule has 0 amide bonds. The second-order valence-corrected chi connectivity index (χ2v) is 3.82. The Bertz CT molecular complexity index is 393. The minimum atomic E-state index is 0.263. The summed E-state index contributed by atoms with van der Waals surface area (Å²) in [5.41, 5.74) is 2.69. The van der Waals surface area contributed by atoms with E-state index in [4.69, 9.17) is 14.7 Å². The van der Waals surface area contributed by atoms with Crippen molar-refractivity contribution in [3.63, 3.8) is 0 Å². The van der Waals surface area contributed by atoms with E-state index >= 15 is 0 Å². The van der Waals surface area contributed by atoms with Crippen LogP contribution in [0, 0.1) is 25.2 Å². The Balaban J connectivity index is 2.18. The molecule has 0 N–H and O–H groups in total. The fourth-order valence-electron chi connectivity index (χ4n) is 1.58. The molecule has 1 aromatic carbocycles. The van der Waals surface area contributed by atoms with Crippen LogP contribution in [0.25, 0.3) is 0 Å². The van der Waals surface area contributed by atoms with Crippen molar-refractivity contribution in [3.05, 3.63) is 28.8 Å². The Labute approximate surface area is 89.2 Å². The lowest BCUT2D eigenvalue weighted by Crippen LogP contribution is -2.06. The van der Waals surface area contributed by atoms with E-state index in [9.17, 15) is 0 Å². The zero-order valence-electron chi connectivity index (χ0n) is 8.91. The fraction of sp³-hybridized carbons (Fsp3) is 0.417. The van der Waals surface area contributed by atoms with Crippen LogP contribution >= 0.6 is 0 Å². The average Bonchev–Trinajstić information content (AvgIpc) is 3.00. The molecule has 0 aliphatic carbocycles. The Morgan fingerprint density at radius 2 is 2.07 bits per heavy atom. The van der Waals surface area contributed by atoms with Gasteiger partial charge in [-0.25, -0.2) is 0 Å². The first-order valence-corrected chi connectivity index (χ1v) is 4.96. The molecule has 0 unspecified atom stereocenters. The number of aryl methyl sites for hydroxylation is 2. The summed E-state index contributed by atoms with van der Waals surface area (Å²) in [6, 6.07) is 5.82. The molecule has 1 heterocycles. The number of rotatable bonds is 3. The molecule has 1 atom stereocenters. The molecule has 0 aromatic heterocycles. The van der Waals surface area contributed by atoms with Crippen LogP contribution in [-0.2, 0) is 4.74 Å². The maximum Gasteiger partial charge on any atom is 0.125 e. The Morgan fingerprint density at radius 3 is 2.53 bits per heavy atom. The van der Waals surface area contributed by atoms with Crippen LogP contribution in [0.4, 0.5) is 0 Å². The summed E-state index contributed by atoms with van der Waals surface area (Å²) in [6.07, 6.45) is 0.263. The molecule has 3 heteroatoms. The van der Waals surface area contributed by atoms with Crippen molar-refractivity contribution in [3.8, 4) is 11.8 Å². The summed E-state index contributed by atoms with van der Waals surface area (Å²) in [6.45, 7) is 5.32. The van der Waals surface area contributed by atoms with Gasteiger partial charge in [0.25, 0.3) is 0 Å². The van der Waals surface area contributed by atoms with E-state index in [0.717, 1.165) is 23.5 Å². The number of benzene rings is 1. The largest absolute Gasteiger partial charge is 0.490 e. The zero-order valence-corrected chi connectivity index (χ0v) is 8.91. The highest BCUT2D eigenvalue weighted by molar-refractivity contribution is 5.47. The van der Waals surface area contributed by atoms with Gasteiger partial charge in [-0.1, -0.05) is 0 Å². The minimum absolute atomic E-state index is 0.263. The zero-order chi connectivity index (χ0) is 10.8. The fourth-order valence-corrected chi connectivity index (χ4v) is 1.58. The quantitative estimate of drug-likeness (QED) is 0.705. The smallest absolute Gasteiger partial charge is 0.125 e. The molecule has 0 saturated carbocycles. The van der Waals surface area contributed by atoms with Crippen LogP contribution in [0.1, 0.15) is 16.7 Å². The van der Waals surface area contributed by atoms with Gasteiger partial charge in [-0.3, -0.25) is 0 Å². The van der Waals surface area contributed by atoms with Gasteiger partial charge < -0.3 is 9.47 Å². The molecule has 1 fully saturated rings. The topological polar surface area (TPSA) is 45.5 Å². The molecule has 1 saturated heterocycles. The molecule has 3 nitrogen and oxygen atoms in total. The number of hydrogen-bond acceptors (Lipinski definition) is 3. The Kier molecular flexibility index (Phi) is 2.61. The van der Waals surface area contributed by atoms with E-state index in [0.29, 0.717) is 12.2 Å². The van der Waals surface area contributed by atoms with Gasteiger partial charge in [-0.2, -0.15) is 5.26 Å². The van der Waals surface area contributed by atoms with Crippen molar-refractivity contribution < 1.29 is 9.47 Å². The van der Waals surface area contributed by atoms with Crippen molar-refractivity contribution in [2.75, 3.05) is 13.2 Å². The lowest BCUT2D eigenvalue weighted by atomic mass is 10.1. The molecule has 1 aliphatic rings. The first-order valence-electron chi connectivity index (χ1n) is 4.96. The predicted octanol–water partition coefficient (Wildman–Crippen LogP) is 1.95. The summed E-state index contributed by atoms with van der Waals surface area (Å²) >= 11 is 0. The number of nitriles is 1. The maximum absolute atomic E-state index is 8.79. The minimum Gasteiger partial charge on any atom is -0.490 e. The van der Waals surface area contributed by atoms with Gasteiger partial charge in [-0.15, -0.1) is 0 Å². The van der Waals surface area contributed by atoms with E-state index in [1.165, 1.54) is 0 Å². The van der Waals surface area contributed by atoms with E-state index < -0.39 is 0 Å². The SMILES string of the molecule is Cc1cc(C#N)cc(C)c1OC[C@@H]1CO1. The van der Waals surface area contributed by atoms with Gasteiger partial charge in [-0.05, 0) is 37.1 Å². The summed E-state index contributed by atoms with van der Waals surface area (Å²) in [7, 11) is 0. The van der Waals surface area contributed by atoms with Crippen LogP contribution in [-0.4, -0.2) is 19.3 Å². The number of nitrogens with zero attached hydrogens (tertiary/aromatic N) is 1. The molecular weight excluding hydrogens is 190 g/mol. The first kappa shape index (κ1) is 10.0. The molecule has 1 aromatic rings. The summed E-state index contributed by atoms with van der Waals surface area (Å²) in [4.78, 5) is 0. The maximum atomic E-state index is 8.79. The van der Waals surface area contributed by atoms with Crippen molar-refractivity contribution >= 4 is 0 Å². The molecule has 0 bridgehead atoms. The second-order valence-electron chi connectivity index (χ2n) is 3.82. The summed E-state index contributed by atoms with van der Waals surface area (Å²) in [5.74, 6) is 0.879. The second kappa shape index (κ2) is 3.92. The molecule has 1 aliphatic heterocycles. The van der Waals surface area contributed by atoms with Crippen LogP contribution in [0.2, 0.25) is 0 Å². The van der Waals surface area contributed by atoms with Crippen molar-refractivity contribution in [2.24, 2.45) is 0 Å². The number of hydrogen-bond donors (Lipinski definition) is 0. The summed E-state index contributed by atoms with van der Waals surface area (Å²) in [5, 5.41) is 8.79. The van der Waals surface area contributed by atoms with Crippen LogP contribution in [0.3, 0.4) is 0 Å². The Hall–Kier alpha value is -1.53. The third-order valence-electron chi connectivity index (χ3n) is 2.41. The van der Waals surface area contributed by atoms with E-state index in [1.54, 1.807) is 0 Å². The highest BCUT2D eigenvalue weighted by atomic mass is 16.6. The first-order chi connectivity index (χ1) is 7.20. The highest BCUT2D eigenvalue weighted by Crippen LogP contribution is 2.25. The van der Waals surface area contributed by atoms with Crippen LogP contribution in [0.15, 0.2) is 12.1 Å². The molecule has 0 radical (unpaired) electrons. The molecule has 0 spiro atoms.